The molecule has 0 aliphatic rings. The second-order valence-corrected chi connectivity index (χ2v) is 4.65. The van der Waals surface area contributed by atoms with E-state index in [-0.39, 0.29) is 11.6 Å². The molecule has 0 N–H and O–H groups in total. The van der Waals surface area contributed by atoms with Crippen molar-refractivity contribution in [2.45, 2.75) is 12.8 Å². The smallest absolute Gasteiger partial charge is 0.310 e. The Labute approximate surface area is 126 Å². The van der Waals surface area contributed by atoms with E-state index in [4.69, 9.17) is 11.6 Å². The number of ether oxygens (including phenoxy) is 1. The molecule has 2 rings (SSSR count). The van der Waals surface area contributed by atoms with E-state index in [9.17, 15) is 9.70 Å². The number of hydrogen-bond donors (Lipinski definition) is 0. The van der Waals surface area contributed by atoms with Gasteiger partial charge in [-0.05, 0) is 22.9 Å². The second kappa shape index (κ2) is 6.90. The first-order valence-corrected chi connectivity index (χ1v) is 6.49. The number of carbonyl (C=O) groups excluding carboxylic acids is 1. The van der Waals surface area contributed by atoms with Gasteiger partial charge in [0.05, 0.1) is 13.5 Å². The van der Waals surface area contributed by atoms with Crippen LogP contribution in [-0.4, -0.2) is 23.0 Å². The van der Waals surface area contributed by atoms with Crippen LogP contribution in [0.4, 0.5) is 5.69 Å². The van der Waals surface area contributed by atoms with Crippen LogP contribution in [0.25, 0.3) is 0 Å². The number of nitrogens with zero attached hydrogens (tertiary/aromatic N) is 3. The molecule has 6 nitrogen and oxygen atoms in total. The molecule has 0 unspecified atom stereocenters. The molecule has 0 aliphatic heterocycles. The zero-order valence-corrected chi connectivity index (χ0v) is 12.0. The molecular formula is C14H12ClN3O3. The minimum absolute atomic E-state index is 0.0370. The van der Waals surface area contributed by atoms with Crippen molar-refractivity contribution < 1.29 is 9.53 Å². The van der Waals surface area contributed by atoms with Gasteiger partial charge in [-0.15, -0.1) is 4.91 Å². The molecule has 1 aromatic carbocycles. The third-order valence-electron chi connectivity index (χ3n) is 2.83. The Morgan fingerprint density at radius 1 is 1.33 bits per heavy atom. The molecule has 1 heterocycles. The molecule has 108 valence electrons. The average molecular weight is 306 g/mol. The van der Waals surface area contributed by atoms with Gasteiger partial charge in [0.15, 0.2) is 0 Å². The van der Waals surface area contributed by atoms with E-state index in [1.165, 1.54) is 13.3 Å². The maximum atomic E-state index is 11.2. The lowest BCUT2D eigenvalue weighted by Crippen LogP contribution is -2.07. The summed E-state index contributed by atoms with van der Waals surface area (Å²) in [7, 11) is 1.31. The van der Waals surface area contributed by atoms with Gasteiger partial charge >= 0.3 is 5.97 Å². The zero-order chi connectivity index (χ0) is 15.2. The monoisotopic (exact) mass is 305 g/mol. The highest BCUT2D eigenvalue weighted by atomic mass is 35.5. The summed E-state index contributed by atoms with van der Waals surface area (Å²) >= 11 is 6.03. The summed E-state index contributed by atoms with van der Waals surface area (Å²) in [5.74, 6) is 0.130. The number of methoxy groups -OCH3 is 1. The molecular weight excluding hydrogens is 294 g/mol. The molecule has 0 fully saturated rings. The molecule has 0 saturated carbocycles. The molecule has 0 amide bonds. The minimum atomic E-state index is -0.398. The third-order valence-corrected chi connectivity index (χ3v) is 3.16. The fraction of sp³-hybridized carbons (Fsp3) is 0.214. The summed E-state index contributed by atoms with van der Waals surface area (Å²) in [5, 5.41) is 3.07. The number of benzene rings is 1. The Bertz CT molecular complexity index is 659. The van der Waals surface area contributed by atoms with Crippen LogP contribution in [-0.2, 0) is 22.4 Å². The van der Waals surface area contributed by atoms with Crippen molar-refractivity contribution in [2.75, 3.05) is 7.11 Å². The van der Waals surface area contributed by atoms with Crippen LogP contribution in [0.5, 0.6) is 0 Å². The average Bonchev–Trinajstić information content (AvgIpc) is 2.50. The van der Waals surface area contributed by atoms with Crippen LogP contribution >= 0.6 is 11.6 Å². The first kappa shape index (κ1) is 15.1. The summed E-state index contributed by atoms with van der Waals surface area (Å²) in [6.07, 6.45) is 2.02. The molecule has 0 bridgehead atoms. The predicted octanol–water partition coefficient (Wildman–Crippen LogP) is 2.83. The number of hydrogen-bond acceptors (Lipinski definition) is 6. The fourth-order valence-electron chi connectivity index (χ4n) is 1.71. The molecule has 0 aliphatic carbocycles. The van der Waals surface area contributed by atoms with Crippen LogP contribution in [0.2, 0.25) is 5.15 Å². The lowest BCUT2D eigenvalue weighted by atomic mass is 10.1. The van der Waals surface area contributed by atoms with Crippen molar-refractivity contribution in [1.29, 1.82) is 0 Å². The molecule has 0 spiro atoms. The summed E-state index contributed by atoms with van der Waals surface area (Å²) in [5.41, 5.74) is 1.82. The van der Waals surface area contributed by atoms with E-state index in [2.05, 4.69) is 19.9 Å². The first-order valence-electron chi connectivity index (χ1n) is 6.11. The van der Waals surface area contributed by atoms with Gasteiger partial charge < -0.3 is 4.74 Å². The maximum Gasteiger partial charge on any atom is 0.310 e. The Hall–Kier alpha value is -2.34. The van der Waals surface area contributed by atoms with E-state index >= 15 is 0 Å². The molecule has 21 heavy (non-hydrogen) atoms. The van der Waals surface area contributed by atoms with Gasteiger partial charge in [0.1, 0.15) is 16.7 Å². The van der Waals surface area contributed by atoms with Gasteiger partial charge in [-0.25, -0.2) is 9.97 Å². The summed E-state index contributed by atoms with van der Waals surface area (Å²) in [6.45, 7) is 0. The van der Waals surface area contributed by atoms with E-state index in [0.29, 0.717) is 23.5 Å². The van der Waals surface area contributed by atoms with E-state index in [1.54, 1.807) is 24.3 Å². The van der Waals surface area contributed by atoms with Gasteiger partial charge in [0.2, 0.25) is 0 Å². The lowest BCUT2D eigenvalue weighted by molar-refractivity contribution is -0.139. The topological polar surface area (TPSA) is 81.5 Å². The van der Waals surface area contributed by atoms with E-state index in [1.807, 2.05) is 0 Å². The van der Waals surface area contributed by atoms with Gasteiger partial charge in [-0.3, -0.25) is 4.79 Å². The first-order chi connectivity index (χ1) is 10.1. The Balaban J connectivity index is 2.12. The van der Waals surface area contributed by atoms with Crippen molar-refractivity contribution in [3.63, 3.8) is 0 Å². The van der Waals surface area contributed by atoms with Crippen molar-refractivity contribution in [1.82, 2.24) is 9.97 Å². The highest BCUT2D eigenvalue weighted by Crippen LogP contribution is 2.17. The number of rotatable bonds is 5. The lowest BCUT2D eigenvalue weighted by Gasteiger charge is -2.05. The number of aromatic nitrogens is 2. The molecule has 1 aromatic heterocycles. The Morgan fingerprint density at radius 3 is 2.62 bits per heavy atom. The standard InChI is InChI=1S/C14H12ClN3O3/c1-21-13(19)7-10-8-16-12(17-14(10)15)6-9-2-4-11(18-20)5-3-9/h2-5,8H,6-7H2,1H3. The van der Waals surface area contributed by atoms with Crippen LogP contribution < -0.4 is 0 Å². The molecule has 0 radical (unpaired) electrons. The second-order valence-electron chi connectivity index (χ2n) is 4.29. The quantitative estimate of drug-likeness (QED) is 0.482. The highest BCUT2D eigenvalue weighted by molar-refractivity contribution is 6.30. The summed E-state index contributed by atoms with van der Waals surface area (Å²) < 4.78 is 4.57. The Morgan fingerprint density at radius 2 is 2.05 bits per heavy atom. The van der Waals surface area contributed by atoms with Crippen molar-refractivity contribution >= 4 is 23.3 Å². The van der Waals surface area contributed by atoms with Gasteiger partial charge in [0, 0.05) is 18.2 Å². The van der Waals surface area contributed by atoms with Crippen molar-refractivity contribution in [3.8, 4) is 0 Å². The van der Waals surface area contributed by atoms with Crippen LogP contribution in [0, 0.1) is 4.91 Å². The largest absolute Gasteiger partial charge is 0.469 e. The SMILES string of the molecule is COC(=O)Cc1cnc(Cc2ccc(N=O)cc2)nc1Cl. The predicted molar refractivity (Wildman–Crippen MR) is 77.5 cm³/mol. The molecule has 0 saturated heterocycles. The van der Waals surface area contributed by atoms with Gasteiger partial charge in [0.25, 0.3) is 0 Å². The van der Waals surface area contributed by atoms with Crippen LogP contribution in [0.1, 0.15) is 17.0 Å². The number of esters is 1. The fourth-order valence-corrected chi connectivity index (χ4v) is 1.92. The van der Waals surface area contributed by atoms with Crippen LogP contribution in [0.15, 0.2) is 35.6 Å². The van der Waals surface area contributed by atoms with Crippen LogP contribution in [0.3, 0.4) is 0 Å². The van der Waals surface area contributed by atoms with E-state index < -0.39 is 5.97 Å². The minimum Gasteiger partial charge on any atom is -0.469 e. The maximum absolute atomic E-state index is 11.2. The normalized spacial score (nSPS) is 10.2. The zero-order valence-electron chi connectivity index (χ0n) is 11.2. The van der Waals surface area contributed by atoms with Crippen molar-refractivity contribution in [2.24, 2.45) is 5.18 Å². The number of nitroso groups, excluding NO2 is 1. The summed E-state index contributed by atoms with van der Waals surface area (Å²) in [6, 6.07) is 6.79. The number of halogens is 1. The summed E-state index contributed by atoms with van der Waals surface area (Å²) in [4.78, 5) is 29.9. The molecule has 7 heteroatoms. The van der Waals surface area contributed by atoms with Gasteiger partial charge in [-0.1, -0.05) is 23.7 Å². The van der Waals surface area contributed by atoms with Gasteiger partial charge in [-0.2, -0.15) is 0 Å². The van der Waals surface area contributed by atoms with Crippen molar-refractivity contribution in [3.05, 3.63) is 57.5 Å². The third kappa shape index (κ3) is 4.06. The number of carbonyl (C=O) groups is 1. The highest BCUT2D eigenvalue weighted by Gasteiger charge is 2.10. The molecule has 0 atom stereocenters. The molecule has 2 aromatic rings. The van der Waals surface area contributed by atoms with E-state index in [0.717, 1.165) is 5.56 Å². The Kier molecular flexibility index (Phi) is 4.94.